The maximum atomic E-state index is 12.2. The van der Waals surface area contributed by atoms with Crippen molar-refractivity contribution in [3.63, 3.8) is 0 Å². The van der Waals surface area contributed by atoms with E-state index in [0.717, 1.165) is 13.0 Å². The van der Waals surface area contributed by atoms with Crippen molar-refractivity contribution in [2.75, 3.05) is 19.8 Å². The highest BCUT2D eigenvalue weighted by molar-refractivity contribution is 5.76. The molecule has 0 aromatic heterocycles. The van der Waals surface area contributed by atoms with Crippen molar-refractivity contribution in [2.24, 2.45) is 17.8 Å². The molecule has 1 aliphatic heterocycles. The first-order valence-electron chi connectivity index (χ1n) is 7.59. The van der Waals surface area contributed by atoms with Crippen molar-refractivity contribution in [2.45, 2.75) is 52.2 Å². The molecule has 2 rings (SSSR count). The molecular weight excluding hydrogens is 242 g/mol. The Morgan fingerprint density at radius 2 is 2.16 bits per heavy atom. The highest BCUT2D eigenvalue weighted by atomic mass is 16.6. The molecule has 0 aromatic carbocycles. The lowest BCUT2D eigenvalue weighted by Gasteiger charge is -2.37. The lowest BCUT2D eigenvalue weighted by molar-refractivity contribution is -0.161. The van der Waals surface area contributed by atoms with E-state index < -0.39 is 0 Å². The van der Waals surface area contributed by atoms with Crippen LogP contribution >= 0.6 is 0 Å². The molecule has 1 saturated heterocycles. The van der Waals surface area contributed by atoms with Crippen LogP contribution in [0.15, 0.2) is 0 Å². The zero-order valence-electron chi connectivity index (χ0n) is 12.4. The quantitative estimate of drug-likeness (QED) is 0.796. The summed E-state index contributed by atoms with van der Waals surface area (Å²) in [5.74, 6) is 1.60. The van der Waals surface area contributed by atoms with E-state index in [2.05, 4.69) is 26.1 Å². The van der Waals surface area contributed by atoms with Crippen molar-refractivity contribution >= 4 is 5.97 Å². The zero-order chi connectivity index (χ0) is 13.8. The highest BCUT2D eigenvalue weighted by Gasteiger charge is 2.35. The van der Waals surface area contributed by atoms with Gasteiger partial charge in [0, 0.05) is 6.54 Å². The minimum atomic E-state index is -0.279. The number of ether oxygens (including phenoxy) is 2. The number of morpholine rings is 1. The normalized spacial score (nSPS) is 36.2. The van der Waals surface area contributed by atoms with E-state index in [-0.39, 0.29) is 18.1 Å². The maximum Gasteiger partial charge on any atom is 0.325 e. The van der Waals surface area contributed by atoms with E-state index in [4.69, 9.17) is 9.47 Å². The molecule has 0 radical (unpaired) electrons. The minimum Gasteiger partial charge on any atom is -0.461 e. The lowest BCUT2D eigenvalue weighted by Crippen LogP contribution is -2.49. The van der Waals surface area contributed by atoms with Crippen LogP contribution in [0.3, 0.4) is 0 Å². The van der Waals surface area contributed by atoms with E-state index in [1.54, 1.807) is 0 Å². The minimum absolute atomic E-state index is 0.0833. The van der Waals surface area contributed by atoms with Gasteiger partial charge >= 0.3 is 5.97 Å². The smallest absolute Gasteiger partial charge is 0.325 e. The first-order chi connectivity index (χ1) is 9.08. The van der Waals surface area contributed by atoms with Gasteiger partial charge < -0.3 is 14.8 Å². The van der Waals surface area contributed by atoms with Crippen LogP contribution in [0.1, 0.15) is 40.0 Å². The fraction of sp³-hybridized carbons (Fsp3) is 0.933. The Morgan fingerprint density at radius 1 is 1.37 bits per heavy atom. The second-order valence-electron chi connectivity index (χ2n) is 6.38. The molecular formula is C15H27NO3. The summed E-state index contributed by atoms with van der Waals surface area (Å²) in [5.41, 5.74) is 0. The van der Waals surface area contributed by atoms with E-state index >= 15 is 0 Å². The standard InChI is InChI=1S/C15H27NO3/c1-10(2)12-5-4-11(3)8-14(12)19-15(17)13-9-18-7-6-16-13/h10-14,16H,4-9H2,1-3H3. The molecule has 0 amide bonds. The van der Waals surface area contributed by atoms with Gasteiger partial charge in [0.05, 0.1) is 13.2 Å². The second kappa shape index (κ2) is 6.71. The number of rotatable bonds is 3. The predicted molar refractivity (Wildman–Crippen MR) is 73.8 cm³/mol. The van der Waals surface area contributed by atoms with E-state index in [0.29, 0.717) is 31.0 Å². The van der Waals surface area contributed by atoms with Gasteiger partial charge in [-0.25, -0.2) is 0 Å². The molecule has 1 N–H and O–H groups in total. The Labute approximate surface area is 116 Å². The van der Waals surface area contributed by atoms with E-state index in [9.17, 15) is 4.79 Å². The van der Waals surface area contributed by atoms with Crippen LogP contribution in [-0.2, 0) is 14.3 Å². The van der Waals surface area contributed by atoms with Crippen molar-refractivity contribution in [3.8, 4) is 0 Å². The number of carbonyl (C=O) groups excluding carboxylic acids is 1. The molecule has 0 bridgehead atoms. The molecule has 1 aliphatic carbocycles. The summed E-state index contributed by atoms with van der Waals surface area (Å²) in [5, 5.41) is 3.16. The molecule has 110 valence electrons. The molecule has 4 atom stereocenters. The van der Waals surface area contributed by atoms with Crippen LogP contribution in [-0.4, -0.2) is 37.9 Å². The largest absolute Gasteiger partial charge is 0.461 e. The second-order valence-corrected chi connectivity index (χ2v) is 6.38. The van der Waals surface area contributed by atoms with Gasteiger partial charge in [-0.1, -0.05) is 27.2 Å². The number of carbonyl (C=O) groups is 1. The molecule has 0 aromatic rings. The Morgan fingerprint density at radius 3 is 2.79 bits per heavy atom. The predicted octanol–water partition coefficient (Wildman–Crippen LogP) is 1.98. The Balaban J connectivity index is 1.92. The summed E-state index contributed by atoms with van der Waals surface area (Å²) in [7, 11) is 0. The average molecular weight is 269 g/mol. The number of hydrogen-bond donors (Lipinski definition) is 1. The van der Waals surface area contributed by atoms with Crippen LogP contribution < -0.4 is 5.32 Å². The van der Waals surface area contributed by atoms with Crippen molar-refractivity contribution in [1.29, 1.82) is 0 Å². The summed E-state index contributed by atoms with van der Waals surface area (Å²) in [6.45, 7) is 8.55. The van der Waals surface area contributed by atoms with E-state index in [1.807, 2.05) is 0 Å². The molecule has 0 spiro atoms. The van der Waals surface area contributed by atoms with Crippen LogP contribution in [0.25, 0.3) is 0 Å². The SMILES string of the molecule is CC1CCC(C(C)C)C(OC(=O)C2COCCN2)C1. The number of nitrogens with one attached hydrogen (secondary N) is 1. The fourth-order valence-corrected chi connectivity index (χ4v) is 3.20. The topological polar surface area (TPSA) is 47.6 Å². The summed E-state index contributed by atoms with van der Waals surface area (Å²) in [6, 6.07) is -0.279. The maximum absolute atomic E-state index is 12.2. The molecule has 4 nitrogen and oxygen atoms in total. The van der Waals surface area contributed by atoms with Gasteiger partial charge in [0.1, 0.15) is 12.1 Å². The van der Waals surface area contributed by atoms with Crippen LogP contribution in [0, 0.1) is 17.8 Å². The van der Waals surface area contributed by atoms with E-state index in [1.165, 1.54) is 12.8 Å². The number of esters is 1. The molecule has 1 saturated carbocycles. The third kappa shape index (κ3) is 3.93. The molecule has 2 fully saturated rings. The molecule has 4 unspecified atom stereocenters. The monoisotopic (exact) mass is 269 g/mol. The fourth-order valence-electron chi connectivity index (χ4n) is 3.20. The third-order valence-electron chi connectivity index (χ3n) is 4.44. The van der Waals surface area contributed by atoms with Crippen LogP contribution in [0.5, 0.6) is 0 Å². The van der Waals surface area contributed by atoms with Gasteiger partial charge in [0.2, 0.25) is 0 Å². The third-order valence-corrected chi connectivity index (χ3v) is 4.44. The average Bonchev–Trinajstić information content (AvgIpc) is 2.39. The molecule has 4 heteroatoms. The summed E-state index contributed by atoms with van der Waals surface area (Å²) < 4.78 is 11.1. The summed E-state index contributed by atoms with van der Waals surface area (Å²) in [4.78, 5) is 12.2. The Kier molecular flexibility index (Phi) is 5.22. The van der Waals surface area contributed by atoms with Gasteiger partial charge in [0.25, 0.3) is 0 Å². The van der Waals surface area contributed by atoms with Gasteiger partial charge in [-0.2, -0.15) is 0 Å². The van der Waals surface area contributed by atoms with Gasteiger partial charge in [-0.3, -0.25) is 4.79 Å². The zero-order valence-corrected chi connectivity index (χ0v) is 12.4. The van der Waals surface area contributed by atoms with Gasteiger partial charge in [-0.05, 0) is 30.6 Å². The summed E-state index contributed by atoms with van der Waals surface area (Å²) in [6.07, 6.45) is 3.51. The first kappa shape index (κ1) is 14.8. The number of hydrogen-bond acceptors (Lipinski definition) is 4. The van der Waals surface area contributed by atoms with Crippen molar-refractivity contribution in [1.82, 2.24) is 5.32 Å². The lowest BCUT2D eigenvalue weighted by atomic mass is 9.75. The van der Waals surface area contributed by atoms with Gasteiger partial charge in [-0.15, -0.1) is 0 Å². The van der Waals surface area contributed by atoms with Gasteiger partial charge in [0.15, 0.2) is 0 Å². The molecule has 2 aliphatic rings. The highest BCUT2D eigenvalue weighted by Crippen LogP contribution is 2.35. The Bertz CT molecular complexity index is 300. The first-order valence-corrected chi connectivity index (χ1v) is 7.59. The van der Waals surface area contributed by atoms with Crippen molar-refractivity contribution < 1.29 is 14.3 Å². The summed E-state index contributed by atoms with van der Waals surface area (Å²) >= 11 is 0. The molecule has 1 heterocycles. The van der Waals surface area contributed by atoms with Crippen LogP contribution in [0.4, 0.5) is 0 Å². The Hall–Kier alpha value is -0.610. The molecule has 19 heavy (non-hydrogen) atoms. The van der Waals surface area contributed by atoms with Crippen LogP contribution in [0.2, 0.25) is 0 Å². The van der Waals surface area contributed by atoms with Crippen molar-refractivity contribution in [3.05, 3.63) is 0 Å².